The first-order chi connectivity index (χ1) is 9.11. The molecular formula is C14H8ClNO3. The molecule has 0 saturated carbocycles. The largest absolute Gasteiger partial charge is 0.478 e. The maximum absolute atomic E-state index is 10.8. The molecule has 0 atom stereocenters. The first kappa shape index (κ1) is 12.9. The van der Waals surface area contributed by atoms with E-state index < -0.39 is 5.97 Å². The molecule has 0 aliphatic carbocycles. The standard InChI is InChI=1S/C14H8ClNO3/c15-11-3-1-2-4-13(11)19-12-6-5-9(14(17)18)7-10(12)8-16/h1-7H,(H,17,18). The van der Waals surface area contributed by atoms with E-state index in [4.69, 9.17) is 26.7 Å². The maximum atomic E-state index is 10.8. The van der Waals surface area contributed by atoms with Gasteiger partial charge in [-0.15, -0.1) is 0 Å². The van der Waals surface area contributed by atoms with E-state index in [1.807, 2.05) is 6.07 Å². The van der Waals surface area contributed by atoms with Crippen LogP contribution in [0.3, 0.4) is 0 Å². The highest BCUT2D eigenvalue weighted by molar-refractivity contribution is 6.32. The molecule has 5 heteroatoms. The second kappa shape index (κ2) is 5.42. The second-order valence-corrected chi connectivity index (χ2v) is 4.07. The Morgan fingerprint density at radius 1 is 1.21 bits per heavy atom. The van der Waals surface area contributed by atoms with Crippen LogP contribution in [0, 0.1) is 11.3 Å². The number of nitrogens with zero attached hydrogens (tertiary/aromatic N) is 1. The van der Waals surface area contributed by atoms with Gasteiger partial charge >= 0.3 is 5.97 Å². The van der Waals surface area contributed by atoms with Crippen LogP contribution in [0.4, 0.5) is 0 Å². The van der Waals surface area contributed by atoms with E-state index in [2.05, 4.69) is 0 Å². The van der Waals surface area contributed by atoms with Gasteiger partial charge in [0, 0.05) is 0 Å². The maximum Gasteiger partial charge on any atom is 0.335 e. The number of hydrogen-bond donors (Lipinski definition) is 1. The number of carboxylic acids is 1. The topological polar surface area (TPSA) is 70.3 Å². The minimum atomic E-state index is -1.10. The van der Waals surface area contributed by atoms with Gasteiger partial charge < -0.3 is 9.84 Å². The molecule has 0 spiro atoms. The van der Waals surface area contributed by atoms with Crippen LogP contribution in [-0.2, 0) is 0 Å². The van der Waals surface area contributed by atoms with Crippen molar-refractivity contribution in [3.05, 3.63) is 58.6 Å². The molecule has 4 nitrogen and oxygen atoms in total. The third kappa shape index (κ3) is 2.84. The molecule has 0 heterocycles. The Balaban J connectivity index is 2.39. The van der Waals surface area contributed by atoms with Crippen LogP contribution < -0.4 is 4.74 Å². The van der Waals surface area contributed by atoms with Gasteiger partial charge in [-0.05, 0) is 30.3 Å². The number of hydrogen-bond acceptors (Lipinski definition) is 3. The van der Waals surface area contributed by atoms with Gasteiger partial charge in [0.2, 0.25) is 0 Å². The van der Waals surface area contributed by atoms with E-state index in [1.165, 1.54) is 18.2 Å². The number of para-hydroxylation sites is 1. The van der Waals surface area contributed by atoms with Crippen molar-refractivity contribution in [2.24, 2.45) is 0 Å². The van der Waals surface area contributed by atoms with Crippen molar-refractivity contribution in [3.63, 3.8) is 0 Å². The van der Waals surface area contributed by atoms with Crippen molar-refractivity contribution in [3.8, 4) is 17.6 Å². The summed E-state index contributed by atoms with van der Waals surface area (Å²) in [5.41, 5.74) is 0.169. The third-order valence-corrected chi connectivity index (χ3v) is 2.72. The molecule has 0 bridgehead atoms. The summed E-state index contributed by atoms with van der Waals surface area (Å²) in [7, 11) is 0. The Hall–Kier alpha value is -2.51. The number of ether oxygens (including phenoxy) is 1. The van der Waals surface area contributed by atoms with Gasteiger partial charge in [-0.25, -0.2) is 4.79 Å². The van der Waals surface area contributed by atoms with Crippen LogP contribution in [0.1, 0.15) is 15.9 Å². The predicted octanol–water partition coefficient (Wildman–Crippen LogP) is 3.70. The lowest BCUT2D eigenvalue weighted by Crippen LogP contribution is -1.98. The van der Waals surface area contributed by atoms with Crippen LogP contribution in [0.25, 0.3) is 0 Å². The summed E-state index contributed by atoms with van der Waals surface area (Å²) in [6.45, 7) is 0. The first-order valence-electron chi connectivity index (χ1n) is 5.31. The normalized spacial score (nSPS) is 9.68. The van der Waals surface area contributed by atoms with Gasteiger partial charge in [0.1, 0.15) is 17.6 Å². The molecule has 19 heavy (non-hydrogen) atoms. The first-order valence-corrected chi connectivity index (χ1v) is 5.69. The molecule has 94 valence electrons. The number of rotatable bonds is 3. The fraction of sp³-hybridized carbons (Fsp3) is 0. The molecule has 2 aromatic carbocycles. The molecule has 2 aromatic rings. The average Bonchev–Trinajstić information content (AvgIpc) is 2.41. The zero-order valence-corrected chi connectivity index (χ0v) is 10.4. The fourth-order valence-corrected chi connectivity index (χ4v) is 1.66. The lowest BCUT2D eigenvalue weighted by Gasteiger charge is -2.09. The zero-order chi connectivity index (χ0) is 13.8. The third-order valence-electron chi connectivity index (χ3n) is 2.40. The summed E-state index contributed by atoms with van der Waals surface area (Å²) in [6, 6.07) is 12.8. The van der Waals surface area contributed by atoms with Gasteiger partial charge in [0.05, 0.1) is 16.1 Å². The van der Waals surface area contributed by atoms with E-state index in [0.717, 1.165) is 0 Å². The number of nitriles is 1. The Morgan fingerprint density at radius 2 is 1.95 bits per heavy atom. The number of halogens is 1. The summed E-state index contributed by atoms with van der Waals surface area (Å²) >= 11 is 5.95. The quantitative estimate of drug-likeness (QED) is 0.925. The Labute approximate surface area is 114 Å². The van der Waals surface area contributed by atoms with Gasteiger partial charge in [0.15, 0.2) is 0 Å². The van der Waals surface area contributed by atoms with Crippen LogP contribution in [0.5, 0.6) is 11.5 Å². The minimum Gasteiger partial charge on any atom is -0.478 e. The molecule has 0 aliphatic rings. The number of aromatic carboxylic acids is 1. The smallest absolute Gasteiger partial charge is 0.335 e. The highest BCUT2D eigenvalue weighted by Crippen LogP contribution is 2.31. The average molecular weight is 274 g/mol. The van der Waals surface area contributed by atoms with E-state index in [9.17, 15) is 4.79 Å². The van der Waals surface area contributed by atoms with Crippen LogP contribution in [-0.4, -0.2) is 11.1 Å². The summed E-state index contributed by atoms with van der Waals surface area (Å²) in [5, 5.41) is 18.3. The molecular weight excluding hydrogens is 266 g/mol. The predicted molar refractivity (Wildman–Crippen MR) is 69.6 cm³/mol. The van der Waals surface area contributed by atoms with Crippen molar-refractivity contribution in [2.75, 3.05) is 0 Å². The lowest BCUT2D eigenvalue weighted by molar-refractivity contribution is 0.0697. The summed E-state index contributed by atoms with van der Waals surface area (Å²) in [5.74, 6) is -0.426. The Kier molecular flexibility index (Phi) is 3.69. The van der Waals surface area contributed by atoms with E-state index in [-0.39, 0.29) is 16.9 Å². The summed E-state index contributed by atoms with van der Waals surface area (Å²) in [4.78, 5) is 10.8. The molecule has 0 amide bonds. The minimum absolute atomic E-state index is 0.0306. The Morgan fingerprint density at radius 3 is 2.58 bits per heavy atom. The van der Waals surface area contributed by atoms with Crippen LogP contribution in [0.15, 0.2) is 42.5 Å². The molecule has 1 N–H and O–H groups in total. The number of carbonyl (C=O) groups is 1. The molecule has 0 aromatic heterocycles. The highest BCUT2D eigenvalue weighted by atomic mass is 35.5. The van der Waals surface area contributed by atoms with Crippen LogP contribution >= 0.6 is 11.6 Å². The van der Waals surface area contributed by atoms with Gasteiger partial charge in [-0.2, -0.15) is 5.26 Å². The SMILES string of the molecule is N#Cc1cc(C(=O)O)ccc1Oc1ccccc1Cl. The molecule has 0 fully saturated rings. The van der Waals surface area contributed by atoms with Gasteiger partial charge in [-0.1, -0.05) is 23.7 Å². The van der Waals surface area contributed by atoms with E-state index in [1.54, 1.807) is 24.3 Å². The van der Waals surface area contributed by atoms with Crippen molar-refractivity contribution in [2.45, 2.75) is 0 Å². The van der Waals surface area contributed by atoms with Gasteiger partial charge in [0.25, 0.3) is 0 Å². The van der Waals surface area contributed by atoms with Crippen LogP contribution in [0.2, 0.25) is 5.02 Å². The van der Waals surface area contributed by atoms with Gasteiger partial charge in [-0.3, -0.25) is 0 Å². The molecule has 0 radical (unpaired) electrons. The molecule has 0 aliphatic heterocycles. The number of carboxylic acid groups (broad SMARTS) is 1. The van der Waals surface area contributed by atoms with Crippen molar-refractivity contribution in [1.29, 1.82) is 5.26 Å². The van der Waals surface area contributed by atoms with Crippen molar-refractivity contribution < 1.29 is 14.6 Å². The number of benzene rings is 2. The highest BCUT2D eigenvalue weighted by Gasteiger charge is 2.11. The molecule has 0 saturated heterocycles. The van der Waals surface area contributed by atoms with Crippen molar-refractivity contribution >= 4 is 17.6 Å². The second-order valence-electron chi connectivity index (χ2n) is 3.66. The lowest BCUT2D eigenvalue weighted by atomic mass is 10.1. The Bertz CT molecular complexity index is 677. The summed E-state index contributed by atoms with van der Waals surface area (Å²) < 4.78 is 5.52. The fourth-order valence-electron chi connectivity index (χ4n) is 1.49. The summed E-state index contributed by atoms with van der Waals surface area (Å²) in [6.07, 6.45) is 0. The van der Waals surface area contributed by atoms with E-state index in [0.29, 0.717) is 10.8 Å². The van der Waals surface area contributed by atoms with E-state index >= 15 is 0 Å². The molecule has 0 unspecified atom stereocenters. The zero-order valence-electron chi connectivity index (χ0n) is 9.63. The molecule has 2 rings (SSSR count). The van der Waals surface area contributed by atoms with Crippen molar-refractivity contribution in [1.82, 2.24) is 0 Å². The monoisotopic (exact) mass is 273 g/mol.